The molecule has 0 saturated carbocycles. The highest BCUT2D eigenvalue weighted by atomic mass is 31.1. The van der Waals surface area contributed by atoms with E-state index in [1.165, 1.54) is 6.19 Å². The van der Waals surface area contributed by atoms with Crippen LogP contribution in [0.25, 0.3) is 0 Å². The first-order chi connectivity index (χ1) is 2.41. The third-order valence-corrected chi connectivity index (χ3v) is 0.335. The van der Waals surface area contributed by atoms with Crippen molar-refractivity contribution < 1.29 is 4.89 Å². The molecule has 4 heteroatoms. The van der Waals surface area contributed by atoms with Gasteiger partial charge in [-0.2, -0.15) is 5.26 Å². The summed E-state index contributed by atoms with van der Waals surface area (Å²) in [5, 5.41) is 9.55. The largest absolute Gasteiger partial charge is 0.357 e. The van der Waals surface area contributed by atoms with Gasteiger partial charge in [0.25, 0.3) is 0 Å². The van der Waals surface area contributed by atoms with Gasteiger partial charge in [-0.15, -0.1) is 0 Å². The van der Waals surface area contributed by atoms with Gasteiger partial charge < -0.3 is 4.89 Å². The summed E-state index contributed by atoms with van der Waals surface area (Å²) in [5.74, 6) is 0. The molecule has 0 bridgehead atoms. The average molecular weight is 90.0 g/mol. The number of nitriles is 1. The second-order valence-corrected chi connectivity index (χ2v) is 0.822. The monoisotopic (exact) mass is 90.0 g/mol. The van der Waals surface area contributed by atoms with Crippen LogP contribution in [0.5, 0.6) is 0 Å². The van der Waals surface area contributed by atoms with E-state index < -0.39 is 8.96 Å². The fourth-order valence-corrected chi connectivity index (χ4v) is 0.0750. The third-order valence-electron chi connectivity index (χ3n) is 0.112. The van der Waals surface area contributed by atoms with Crippen LogP contribution in [0, 0.1) is 11.5 Å². The molecule has 0 rings (SSSR count). The van der Waals surface area contributed by atoms with E-state index in [-0.39, 0.29) is 0 Å². The number of hydrogen-bond acceptors (Lipinski definition) is 3. The van der Waals surface area contributed by atoms with Gasteiger partial charge in [-0.1, -0.05) is 0 Å². The fourth-order valence-electron chi connectivity index (χ4n) is 0.0250. The Morgan fingerprint density at radius 3 is 2.60 bits per heavy atom. The maximum atomic E-state index is 7.76. The summed E-state index contributed by atoms with van der Waals surface area (Å²) in [6, 6.07) is 0. The van der Waals surface area contributed by atoms with Crippen LogP contribution < -0.4 is 5.09 Å². The van der Waals surface area contributed by atoms with Gasteiger partial charge in [0, 0.05) is 0 Å². The van der Waals surface area contributed by atoms with Crippen LogP contribution in [-0.4, -0.2) is 4.89 Å². The maximum Gasteiger partial charge on any atom is 0.181 e. The molecule has 0 heterocycles. The highest BCUT2D eigenvalue weighted by Crippen LogP contribution is 1.84. The second-order valence-electron chi connectivity index (χ2n) is 0.349. The predicted molar refractivity (Wildman–Crippen MR) is 19.3 cm³/mol. The molecule has 1 unspecified atom stereocenters. The van der Waals surface area contributed by atoms with Gasteiger partial charge in [-0.3, -0.25) is 5.09 Å². The van der Waals surface area contributed by atoms with E-state index in [1.807, 2.05) is 5.09 Å². The molecular formula is CH3N2OP. The molecule has 2 N–H and O–H groups in total. The summed E-state index contributed by atoms with van der Waals surface area (Å²) >= 11 is 0. The molecular weight excluding hydrogens is 87.0 g/mol. The molecule has 0 aromatic rings. The average Bonchev–Trinajstić information content (AvgIpc) is 1.41. The number of rotatable bonds is 1. The van der Waals surface area contributed by atoms with E-state index in [1.54, 1.807) is 0 Å². The van der Waals surface area contributed by atoms with Gasteiger partial charge in [-0.05, 0) is 0 Å². The van der Waals surface area contributed by atoms with Gasteiger partial charge in [0.15, 0.2) is 6.19 Å². The van der Waals surface area contributed by atoms with Gasteiger partial charge in [0.2, 0.25) is 0 Å². The van der Waals surface area contributed by atoms with Gasteiger partial charge in [-0.25, -0.2) is 0 Å². The fraction of sp³-hybridized carbons (Fsp3) is 0. The minimum absolute atomic E-state index is 0.453. The molecule has 0 aliphatic carbocycles. The Labute approximate surface area is 31.5 Å². The van der Waals surface area contributed by atoms with Crippen molar-refractivity contribution in [2.45, 2.75) is 0 Å². The first-order valence-electron chi connectivity index (χ1n) is 0.947. The Kier molecular flexibility index (Phi) is 3.44. The highest BCUT2D eigenvalue weighted by Gasteiger charge is 1.59. The van der Waals surface area contributed by atoms with Crippen molar-refractivity contribution in [2.24, 2.45) is 0 Å². The van der Waals surface area contributed by atoms with Crippen molar-refractivity contribution >= 4 is 8.96 Å². The lowest BCUT2D eigenvalue weighted by Gasteiger charge is -1.74. The van der Waals surface area contributed by atoms with E-state index in [9.17, 15) is 0 Å². The SMILES string of the molecule is N#CNPO. The number of nitrogens with zero attached hydrogens (tertiary/aromatic N) is 1. The van der Waals surface area contributed by atoms with E-state index in [0.717, 1.165) is 0 Å². The Morgan fingerprint density at radius 2 is 2.60 bits per heavy atom. The molecule has 0 aromatic carbocycles. The third kappa shape index (κ3) is 3.68. The first-order valence-corrected chi connectivity index (χ1v) is 1.89. The van der Waals surface area contributed by atoms with E-state index >= 15 is 0 Å². The molecule has 0 fully saturated rings. The van der Waals surface area contributed by atoms with E-state index in [0.29, 0.717) is 0 Å². The molecule has 0 aliphatic rings. The molecule has 0 saturated heterocycles. The number of nitrogens with one attached hydrogen (secondary N) is 1. The first kappa shape index (κ1) is 4.68. The van der Waals surface area contributed by atoms with Gasteiger partial charge in [0.05, 0.1) is 0 Å². The predicted octanol–water partition coefficient (Wildman–Crippen LogP) is -0.442. The Balaban J connectivity index is 2.48. The van der Waals surface area contributed by atoms with Crippen molar-refractivity contribution in [3.8, 4) is 6.19 Å². The van der Waals surface area contributed by atoms with E-state index in [4.69, 9.17) is 10.2 Å². The van der Waals surface area contributed by atoms with Gasteiger partial charge in [0.1, 0.15) is 8.96 Å². The maximum absolute atomic E-state index is 7.76. The molecule has 0 aromatic heterocycles. The zero-order valence-electron chi connectivity index (χ0n) is 2.39. The summed E-state index contributed by atoms with van der Waals surface area (Å²) in [4.78, 5) is 7.76. The Morgan fingerprint density at radius 1 is 2.00 bits per heavy atom. The highest BCUT2D eigenvalue weighted by molar-refractivity contribution is 7.28. The molecule has 0 spiro atoms. The lowest BCUT2D eigenvalue weighted by molar-refractivity contribution is 0.640. The second kappa shape index (κ2) is 3.68. The van der Waals surface area contributed by atoms with Crippen molar-refractivity contribution in [3.63, 3.8) is 0 Å². The lowest BCUT2D eigenvalue weighted by Crippen LogP contribution is -1.82. The number of hydrogen-bond donors (Lipinski definition) is 2. The molecule has 0 aliphatic heterocycles. The summed E-state index contributed by atoms with van der Waals surface area (Å²) in [6.45, 7) is 0. The van der Waals surface area contributed by atoms with Crippen molar-refractivity contribution in [1.29, 1.82) is 5.26 Å². The van der Waals surface area contributed by atoms with Crippen LogP contribution in [0.15, 0.2) is 0 Å². The van der Waals surface area contributed by atoms with Crippen LogP contribution in [0.3, 0.4) is 0 Å². The van der Waals surface area contributed by atoms with Crippen LogP contribution in [0.2, 0.25) is 0 Å². The molecule has 1 atom stereocenters. The zero-order chi connectivity index (χ0) is 4.12. The minimum Gasteiger partial charge on any atom is -0.357 e. The van der Waals surface area contributed by atoms with Crippen molar-refractivity contribution in [3.05, 3.63) is 0 Å². The summed E-state index contributed by atoms with van der Waals surface area (Å²) in [6.07, 6.45) is 1.53. The molecule has 0 radical (unpaired) electrons. The smallest absolute Gasteiger partial charge is 0.181 e. The standard InChI is InChI=1S/CH3N2OP/c2-1-3-5-4/h3-5H. The van der Waals surface area contributed by atoms with Gasteiger partial charge >= 0.3 is 0 Å². The molecule has 0 amide bonds. The van der Waals surface area contributed by atoms with Crippen LogP contribution in [-0.2, 0) is 0 Å². The van der Waals surface area contributed by atoms with Crippen LogP contribution in [0.1, 0.15) is 0 Å². The van der Waals surface area contributed by atoms with Crippen molar-refractivity contribution in [2.75, 3.05) is 0 Å². The Hall–Kier alpha value is -0.320. The Bertz CT molecular complexity index is 48.1. The normalized spacial score (nSPS) is 8.00. The van der Waals surface area contributed by atoms with Crippen molar-refractivity contribution in [1.82, 2.24) is 5.09 Å². The molecule has 5 heavy (non-hydrogen) atoms. The quantitative estimate of drug-likeness (QED) is 0.260. The van der Waals surface area contributed by atoms with Crippen LogP contribution in [0.4, 0.5) is 0 Å². The lowest BCUT2D eigenvalue weighted by atomic mass is 11.5. The zero-order valence-corrected chi connectivity index (χ0v) is 3.39. The minimum atomic E-state index is -0.453. The molecule has 3 nitrogen and oxygen atoms in total. The topological polar surface area (TPSA) is 56.0 Å². The van der Waals surface area contributed by atoms with Crippen LogP contribution >= 0.6 is 8.96 Å². The molecule has 28 valence electrons. The summed E-state index contributed by atoms with van der Waals surface area (Å²) in [5.41, 5.74) is 0. The summed E-state index contributed by atoms with van der Waals surface area (Å²) < 4.78 is 0. The summed E-state index contributed by atoms with van der Waals surface area (Å²) in [7, 11) is -0.453. The van der Waals surface area contributed by atoms with E-state index in [2.05, 4.69) is 0 Å².